The minimum absolute atomic E-state index is 0.123. The van der Waals surface area contributed by atoms with Gasteiger partial charge in [0.25, 0.3) is 0 Å². The predicted octanol–water partition coefficient (Wildman–Crippen LogP) is 3.26. The van der Waals surface area contributed by atoms with Gasteiger partial charge in [-0.3, -0.25) is 9.59 Å². The molecule has 2 rings (SSSR count). The maximum absolute atomic E-state index is 12.4. The summed E-state index contributed by atoms with van der Waals surface area (Å²) in [5.41, 5.74) is -0.177. The largest absolute Gasteiger partial charge is 0.466 e. The molecular weight excluding hydrogens is 228 g/mol. The molecule has 0 amide bonds. The van der Waals surface area contributed by atoms with E-state index in [1.165, 1.54) is 6.42 Å². The number of ketones is 1. The average Bonchev–Trinajstić information content (AvgIpc) is 2.37. The number of Topliss-reactive ketones (excluding diaryl/α,β-unsaturated/α-hetero) is 1. The molecule has 18 heavy (non-hydrogen) atoms. The molecule has 0 radical (unpaired) electrons. The summed E-state index contributed by atoms with van der Waals surface area (Å²) >= 11 is 0. The Morgan fingerprint density at radius 2 is 2.00 bits per heavy atom. The minimum Gasteiger partial charge on any atom is -0.466 e. The molecule has 2 aliphatic carbocycles. The summed E-state index contributed by atoms with van der Waals surface area (Å²) < 4.78 is 5.06. The third kappa shape index (κ3) is 2.60. The molecule has 0 saturated heterocycles. The Bertz CT molecular complexity index is 316. The zero-order valence-corrected chi connectivity index (χ0v) is 11.4. The molecule has 2 saturated carbocycles. The summed E-state index contributed by atoms with van der Waals surface area (Å²) in [5.74, 6) is 0.531. The molecule has 1 unspecified atom stereocenters. The van der Waals surface area contributed by atoms with Gasteiger partial charge < -0.3 is 4.74 Å². The first-order valence-electron chi connectivity index (χ1n) is 7.38. The topological polar surface area (TPSA) is 43.4 Å². The number of rotatable bonds is 3. The Kier molecular flexibility index (Phi) is 4.41. The number of hydrogen-bond donors (Lipinski definition) is 0. The molecule has 102 valence electrons. The molecule has 0 aromatic heterocycles. The Morgan fingerprint density at radius 3 is 2.67 bits per heavy atom. The van der Waals surface area contributed by atoms with E-state index in [-0.39, 0.29) is 17.3 Å². The molecule has 2 aliphatic rings. The highest BCUT2D eigenvalue weighted by atomic mass is 16.5. The zero-order chi connectivity index (χ0) is 13.0. The number of hydrogen-bond acceptors (Lipinski definition) is 3. The lowest BCUT2D eigenvalue weighted by atomic mass is 9.58. The van der Waals surface area contributed by atoms with Crippen LogP contribution in [0.25, 0.3) is 0 Å². The lowest BCUT2D eigenvalue weighted by Crippen LogP contribution is -2.44. The first-order valence-corrected chi connectivity index (χ1v) is 7.38. The second-order valence-corrected chi connectivity index (χ2v) is 5.74. The second-order valence-electron chi connectivity index (χ2n) is 5.74. The fourth-order valence-corrected chi connectivity index (χ4v) is 3.85. The highest BCUT2D eigenvalue weighted by Gasteiger charge is 2.47. The van der Waals surface area contributed by atoms with Gasteiger partial charge in [-0.1, -0.05) is 19.3 Å². The Morgan fingerprint density at radius 1 is 1.28 bits per heavy atom. The van der Waals surface area contributed by atoms with Gasteiger partial charge in [-0.2, -0.15) is 0 Å². The maximum Gasteiger partial charge on any atom is 0.306 e. The summed E-state index contributed by atoms with van der Waals surface area (Å²) in [6.45, 7) is 2.27. The monoisotopic (exact) mass is 252 g/mol. The van der Waals surface area contributed by atoms with Gasteiger partial charge in [0.1, 0.15) is 5.78 Å². The summed E-state index contributed by atoms with van der Waals surface area (Å²) in [7, 11) is 0. The quantitative estimate of drug-likeness (QED) is 0.724. The summed E-state index contributed by atoms with van der Waals surface area (Å²) in [4.78, 5) is 24.1. The smallest absolute Gasteiger partial charge is 0.306 e. The number of carbonyl (C=O) groups is 2. The van der Waals surface area contributed by atoms with Crippen LogP contribution >= 0.6 is 0 Å². The van der Waals surface area contributed by atoms with Crippen LogP contribution in [0.5, 0.6) is 0 Å². The van der Waals surface area contributed by atoms with E-state index in [2.05, 4.69) is 0 Å². The van der Waals surface area contributed by atoms with Crippen molar-refractivity contribution in [2.75, 3.05) is 6.61 Å². The molecule has 0 aliphatic heterocycles. The summed E-state index contributed by atoms with van der Waals surface area (Å²) in [6.07, 6.45) is 8.65. The van der Waals surface area contributed by atoms with Crippen LogP contribution in [-0.4, -0.2) is 18.4 Å². The first-order chi connectivity index (χ1) is 8.69. The standard InChI is InChI=1S/C15H24O3/c1-2-18-14(17)11-12-7-6-8-13(16)15(12)9-4-3-5-10-15/h12H,2-11H2,1H3. The van der Waals surface area contributed by atoms with Crippen molar-refractivity contribution in [3.8, 4) is 0 Å². The average molecular weight is 252 g/mol. The first kappa shape index (κ1) is 13.6. The zero-order valence-electron chi connectivity index (χ0n) is 11.4. The maximum atomic E-state index is 12.4. The van der Waals surface area contributed by atoms with Crippen LogP contribution in [0, 0.1) is 11.3 Å². The second kappa shape index (κ2) is 5.85. The lowest BCUT2D eigenvalue weighted by molar-refractivity contribution is -0.149. The van der Waals surface area contributed by atoms with Gasteiger partial charge in [0.05, 0.1) is 6.61 Å². The van der Waals surface area contributed by atoms with E-state index in [1.54, 1.807) is 0 Å². The van der Waals surface area contributed by atoms with Crippen LogP contribution in [0.1, 0.15) is 64.7 Å². The van der Waals surface area contributed by atoms with Crippen LogP contribution in [0.15, 0.2) is 0 Å². The van der Waals surface area contributed by atoms with Crippen LogP contribution in [0.2, 0.25) is 0 Å². The van der Waals surface area contributed by atoms with E-state index in [1.807, 2.05) is 6.92 Å². The lowest BCUT2D eigenvalue weighted by Gasteiger charge is -2.45. The molecule has 0 bridgehead atoms. The highest BCUT2D eigenvalue weighted by molar-refractivity contribution is 5.86. The molecule has 1 atom stereocenters. The molecule has 3 heteroatoms. The van der Waals surface area contributed by atoms with Crippen molar-refractivity contribution in [2.45, 2.75) is 64.7 Å². The van der Waals surface area contributed by atoms with E-state index in [0.29, 0.717) is 18.8 Å². The summed E-state index contributed by atoms with van der Waals surface area (Å²) in [5, 5.41) is 0. The van der Waals surface area contributed by atoms with Gasteiger partial charge in [-0.15, -0.1) is 0 Å². The van der Waals surface area contributed by atoms with Crippen LogP contribution in [-0.2, 0) is 14.3 Å². The fraction of sp³-hybridized carbons (Fsp3) is 0.867. The fourth-order valence-electron chi connectivity index (χ4n) is 3.85. The van der Waals surface area contributed by atoms with Gasteiger partial charge >= 0.3 is 5.97 Å². The molecule has 0 aromatic carbocycles. The van der Waals surface area contributed by atoms with Gasteiger partial charge in [-0.25, -0.2) is 0 Å². The molecule has 1 spiro atoms. The predicted molar refractivity (Wildman–Crippen MR) is 69.1 cm³/mol. The van der Waals surface area contributed by atoms with E-state index >= 15 is 0 Å². The van der Waals surface area contributed by atoms with Crippen molar-refractivity contribution in [2.24, 2.45) is 11.3 Å². The van der Waals surface area contributed by atoms with E-state index in [4.69, 9.17) is 4.74 Å². The van der Waals surface area contributed by atoms with Crippen LogP contribution < -0.4 is 0 Å². The summed E-state index contributed by atoms with van der Waals surface area (Å²) in [6, 6.07) is 0. The molecule has 2 fully saturated rings. The molecule has 0 N–H and O–H groups in total. The molecule has 3 nitrogen and oxygen atoms in total. The highest BCUT2D eigenvalue weighted by Crippen LogP contribution is 2.50. The number of carbonyl (C=O) groups excluding carboxylic acids is 2. The van der Waals surface area contributed by atoms with E-state index in [0.717, 1.165) is 44.9 Å². The molecular formula is C15H24O3. The van der Waals surface area contributed by atoms with Crippen molar-refractivity contribution < 1.29 is 14.3 Å². The van der Waals surface area contributed by atoms with Crippen molar-refractivity contribution >= 4 is 11.8 Å². The SMILES string of the molecule is CCOC(=O)CC1CCCC(=O)C12CCCCC2. The van der Waals surface area contributed by atoms with E-state index < -0.39 is 0 Å². The van der Waals surface area contributed by atoms with Crippen LogP contribution in [0.4, 0.5) is 0 Å². The van der Waals surface area contributed by atoms with Gasteiger partial charge in [0.15, 0.2) is 0 Å². The molecule has 0 heterocycles. The molecule has 0 aromatic rings. The number of esters is 1. The Hall–Kier alpha value is -0.860. The number of ether oxygens (including phenoxy) is 1. The third-order valence-corrected chi connectivity index (χ3v) is 4.76. The van der Waals surface area contributed by atoms with Crippen molar-refractivity contribution in [1.82, 2.24) is 0 Å². The normalized spacial score (nSPS) is 27.2. The Labute approximate surface area is 109 Å². The minimum atomic E-state index is -0.177. The van der Waals surface area contributed by atoms with Crippen LogP contribution in [0.3, 0.4) is 0 Å². The van der Waals surface area contributed by atoms with Crippen molar-refractivity contribution in [3.63, 3.8) is 0 Å². The Balaban J connectivity index is 2.09. The van der Waals surface area contributed by atoms with Crippen molar-refractivity contribution in [3.05, 3.63) is 0 Å². The van der Waals surface area contributed by atoms with Gasteiger partial charge in [0, 0.05) is 18.3 Å². The van der Waals surface area contributed by atoms with E-state index in [9.17, 15) is 9.59 Å². The van der Waals surface area contributed by atoms with Crippen molar-refractivity contribution in [1.29, 1.82) is 0 Å². The van der Waals surface area contributed by atoms with Gasteiger partial charge in [-0.05, 0) is 38.5 Å². The van der Waals surface area contributed by atoms with Gasteiger partial charge in [0.2, 0.25) is 0 Å². The third-order valence-electron chi connectivity index (χ3n) is 4.76.